The highest BCUT2D eigenvalue weighted by molar-refractivity contribution is 5.99. The van der Waals surface area contributed by atoms with E-state index in [0.29, 0.717) is 17.1 Å². The predicted molar refractivity (Wildman–Crippen MR) is 64.5 cm³/mol. The van der Waals surface area contributed by atoms with Crippen LogP contribution in [-0.4, -0.2) is 23.0 Å². The lowest BCUT2D eigenvalue weighted by Crippen LogP contribution is -2.42. The number of carboxylic acids is 1. The Bertz CT molecular complexity index is 499. The van der Waals surface area contributed by atoms with Gasteiger partial charge in [-0.1, -0.05) is 0 Å². The van der Waals surface area contributed by atoms with E-state index >= 15 is 0 Å². The second-order valence-electron chi connectivity index (χ2n) is 4.84. The summed E-state index contributed by atoms with van der Waals surface area (Å²) in [6, 6.07) is -0.786. The fraction of sp³-hybridized carbons (Fsp3) is 0.538. The third kappa shape index (κ3) is 2.25. The average molecular weight is 251 g/mol. The molecule has 5 heteroatoms. The minimum Gasteiger partial charge on any atom is -0.480 e. The molecule has 2 N–H and O–H groups in total. The van der Waals surface area contributed by atoms with Crippen molar-refractivity contribution in [3.05, 3.63) is 22.6 Å². The number of aryl methyl sites for hydroxylation is 2. The second-order valence-corrected chi connectivity index (χ2v) is 4.84. The molecule has 1 unspecified atom stereocenters. The molecule has 1 aromatic heterocycles. The average Bonchev–Trinajstić information content (AvgIpc) is 3.05. The molecule has 1 atom stereocenters. The van der Waals surface area contributed by atoms with E-state index in [1.165, 1.54) is 0 Å². The van der Waals surface area contributed by atoms with Crippen LogP contribution >= 0.6 is 0 Å². The third-order valence-corrected chi connectivity index (χ3v) is 3.43. The van der Waals surface area contributed by atoms with Gasteiger partial charge in [-0.25, -0.2) is 4.79 Å². The Labute approximate surface area is 105 Å². The van der Waals surface area contributed by atoms with Crippen LogP contribution in [0.25, 0.3) is 0 Å². The first kappa shape index (κ1) is 12.7. The van der Waals surface area contributed by atoms with Crippen molar-refractivity contribution in [1.29, 1.82) is 0 Å². The lowest BCUT2D eigenvalue weighted by molar-refractivity contribution is -0.139. The third-order valence-electron chi connectivity index (χ3n) is 3.43. The van der Waals surface area contributed by atoms with Crippen LogP contribution in [0.4, 0.5) is 0 Å². The molecule has 0 aliphatic heterocycles. The van der Waals surface area contributed by atoms with Gasteiger partial charge in [-0.05, 0) is 39.5 Å². The number of rotatable bonds is 4. The summed E-state index contributed by atoms with van der Waals surface area (Å²) >= 11 is 0. The summed E-state index contributed by atoms with van der Waals surface area (Å²) in [4.78, 5) is 23.2. The molecule has 98 valence electrons. The van der Waals surface area contributed by atoms with Crippen molar-refractivity contribution in [2.45, 2.75) is 39.7 Å². The Morgan fingerprint density at radius 3 is 2.28 bits per heavy atom. The number of carbonyl (C=O) groups is 2. The Hall–Kier alpha value is -1.78. The Morgan fingerprint density at radius 1 is 1.28 bits per heavy atom. The fourth-order valence-electron chi connectivity index (χ4n) is 2.15. The molecule has 0 bridgehead atoms. The van der Waals surface area contributed by atoms with Gasteiger partial charge >= 0.3 is 5.97 Å². The quantitative estimate of drug-likeness (QED) is 0.855. The van der Waals surface area contributed by atoms with Crippen LogP contribution in [0.3, 0.4) is 0 Å². The highest BCUT2D eigenvalue weighted by Crippen LogP contribution is 2.33. The smallest absolute Gasteiger partial charge is 0.326 e. The first-order valence-electron chi connectivity index (χ1n) is 6.02. The summed E-state index contributed by atoms with van der Waals surface area (Å²) < 4.78 is 5.38. The molecule has 18 heavy (non-hydrogen) atoms. The van der Waals surface area contributed by atoms with Gasteiger partial charge in [-0.2, -0.15) is 0 Å². The second kappa shape index (κ2) is 4.48. The molecular formula is C13H17NO4. The van der Waals surface area contributed by atoms with E-state index < -0.39 is 12.0 Å². The molecule has 1 aliphatic rings. The molecule has 5 nitrogen and oxygen atoms in total. The number of nitrogens with one attached hydrogen (secondary N) is 1. The maximum atomic E-state index is 12.1. The van der Waals surface area contributed by atoms with Gasteiger partial charge in [-0.3, -0.25) is 4.79 Å². The number of aliphatic carboxylic acids is 1. The Morgan fingerprint density at radius 2 is 1.89 bits per heavy atom. The molecule has 1 amide bonds. The zero-order valence-corrected chi connectivity index (χ0v) is 10.7. The molecule has 1 aromatic rings. The monoisotopic (exact) mass is 251 g/mol. The summed E-state index contributed by atoms with van der Waals surface area (Å²) in [7, 11) is 0. The normalized spacial score (nSPS) is 16.4. The summed E-state index contributed by atoms with van der Waals surface area (Å²) in [5.41, 5.74) is 1.23. The summed E-state index contributed by atoms with van der Waals surface area (Å²) in [5.74, 6) is -0.0408. The minimum atomic E-state index is -0.971. The molecule has 0 saturated heterocycles. The molecule has 2 rings (SSSR count). The van der Waals surface area contributed by atoms with Crippen molar-refractivity contribution in [1.82, 2.24) is 5.32 Å². The molecule has 0 spiro atoms. The van der Waals surface area contributed by atoms with Crippen molar-refractivity contribution in [3.8, 4) is 0 Å². The van der Waals surface area contributed by atoms with Crippen molar-refractivity contribution in [3.63, 3.8) is 0 Å². The fourth-order valence-corrected chi connectivity index (χ4v) is 2.15. The van der Waals surface area contributed by atoms with Gasteiger partial charge < -0.3 is 14.8 Å². The zero-order valence-electron chi connectivity index (χ0n) is 10.7. The summed E-state index contributed by atoms with van der Waals surface area (Å²) in [6.45, 7) is 5.30. The van der Waals surface area contributed by atoms with Crippen LogP contribution < -0.4 is 5.32 Å². The Kier molecular flexibility index (Phi) is 3.15. The van der Waals surface area contributed by atoms with Gasteiger partial charge in [0.25, 0.3) is 5.91 Å². The van der Waals surface area contributed by atoms with Crippen LogP contribution in [0, 0.1) is 26.7 Å². The maximum absolute atomic E-state index is 12.1. The van der Waals surface area contributed by atoms with Gasteiger partial charge in [0, 0.05) is 5.56 Å². The molecular weight excluding hydrogens is 234 g/mol. The van der Waals surface area contributed by atoms with E-state index in [1.54, 1.807) is 20.8 Å². The molecule has 1 aliphatic carbocycles. The van der Waals surface area contributed by atoms with Gasteiger partial charge in [0.15, 0.2) is 0 Å². The van der Waals surface area contributed by atoms with Crippen molar-refractivity contribution >= 4 is 11.9 Å². The highest BCUT2D eigenvalue weighted by atomic mass is 16.4. The Balaban J connectivity index is 2.18. The molecule has 1 heterocycles. The van der Waals surface area contributed by atoms with E-state index in [9.17, 15) is 9.59 Å². The van der Waals surface area contributed by atoms with E-state index in [0.717, 1.165) is 18.4 Å². The van der Waals surface area contributed by atoms with E-state index in [2.05, 4.69) is 5.32 Å². The van der Waals surface area contributed by atoms with Crippen LogP contribution in [0.15, 0.2) is 4.42 Å². The van der Waals surface area contributed by atoms with Crippen LogP contribution in [0.1, 0.15) is 40.3 Å². The minimum absolute atomic E-state index is 0.0695. The molecule has 0 aromatic carbocycles. The van der Waals surface area contributed by atoms with E-state index in [-0.39, 0.29) is 11.8 Å². The summed E-state index contributed by atoms with van der Waals surface area (Å²) in [5, 5.41) is 11.7. The van der Waals surface area contributed by atoms with Gasteiger partial charge in [0.2, 0.25) is 0 Å². The number of hydrogen-bond donors (Lipinski definition) is 2. The van der Waals surface area contributed by atoms with Crippen LogP contribution in [0.2, 0.25) is 0 Å². The molecule has 0 radical (unpaired) electrons. The number of carbonyl (C=O) groups excluding carboxylic acids is 1. The van der Waals surface area contributed by atoms with Crippen molar-refractivity contribution in [2.24, 2.45) is 5.92 Å². The lowest BCUT2D eigenvalue weighted by Gasteiger charge is -2.13. The van der Waals surface area contributed by atoms with Crippen LogP contribution in [-0.2, 0) is 4.79 Å². The first-order valence-corrected chi connectivity index (χ1v) is 6.02. The maximum Gasteiger partial charge on any atom is 0.326 e. The van der Waals surface area contributed by atoms with Gasteiger partial charge in [-0.15, -0.1) is 0 Å². The van der Waals surface area contributed by atoms with E-state index in [1.807, 2.05) is 0 Å². The SMILES string of the molecule is Cc1oc(C)c(C(=O)NC(C(=O)O)C2CC2)c1C. The van der Waals surface area contributed by atoms with E-state index in [4.69, 9.17) is 9.52 Å². The van der Waals surface area contributed by atoms with Crippen LogP contribution in [0.5, 0.6) is 0 Å². The zero-order chi connectivity index (χ0) is 13.4. The largest absolute Gasteiger partial charge is 0.480 e. The predicted octanol–water partition coefficient (Wildman–Crippen LogP) is 1.80. The molecule has 1 saturated carbocycles. The van der Waals surface area contributed by atoms with Gasteiger partial charge in [0.05, 0.1) is 5.56 Å². The number of furan rings is 1. The number of carboxylic acid groups (broad SMARTS) is 1. The topological polar surface area (TPSA) is 79.5 Å². The first-order chi connectivity index (χ1) is 8.41. The highest BCUT2D eigenvalue weighted by Gasteiger charge is 2.38. The van der Waals surface area contributed by atoms with Crippen molar-refractivity contribution < 1.29 is 19.1 Å². The number of amides is 1. The summed E-state index contributed by atoms with van der Waals surface area (Å²) in [6.07, 6.45) is 1.72. The van der Waals surface area contributed by atoms with Crippen molar-refractivity contribution in [2.75, 3.05) is 0 Å². The number of hydrogen-bond acceptors (Lipinski definition) is 3. The lowest BCUT2D eigenvalue weighted by atomic mass is 10.1. The molecule has 1 fully saturated rings. The standard InChI is InChI=1S/C13H17NO4/c1-6-7(2)18-8(3)10(6)12(15)14-11(13(16)17)9-4-5-9/h9,11H,4-5H2,1-3H3,(H,14,15)(H,16,17). The van der Waals surface area contributed by atoms with Gasteiger partial charge in [0.1, 0.15) is 17.6 Å².